The van der Waals surface area contributed by atoms with E-state index < -0.39 is 0 Å². The first-order valence-corrected chi connectivity index (χ1v) is 1.48. The van der Waals surface area contributed by atoms with Gasteiger partial charge in [-0.15, -0.1) is 0 Å². The lowest BCUT2D eigenvalue weighted by Crippen LogP contribution is -2.43. The molecule has 0 aliphatic rings. The second-order valence-corrected chi connectivity index (χ2v) is 0.707. The molecule has 0 aromatic carbocycles. The van der Waals surface area contributed by atoms with Gasteiger partial charge in [-0.1, -0.05) is 11.2 Å². The summed E-state index contributed by atoms with van der Waals surface area (Å²) < 4.78 is 0. The largest absolute Gasteiger partial charge is 0.299 e. The molecule has 0 atom stereocenters. The Labute approximate surface area is 40.1 Å². The third-order valence-electron chi connectivity index (χ3n) is 0.272. The third kappa shape index (κ3) is 3.59. The van der Waals surface area contributed by atoms with Gasteiger partial charge >= 0.3 is 0 Å². The van der Waals surface area contributed by atoms with Gasteiger partial charge in [-0.3, -0.25) is 15.3 Å². The second kappa shape index (κ2) is 3.93. The summed E-state index contributed by atoms with van der Waals surface area (Å²) in [6.45, 7) is 0. The molecule has 0 fully saturated rings. The fraction of sp³-hybridized carbons (Fsp3) is 1.00. The molecule has 0 bridgehead atoms. The lowest BCUT2D eigenvalue weighted by Gasteiger charge is -2.08. The van der Waals surface area contributed by atoms with E-state index in [0.717, 1.165) is 0 Å². The maximum Gasteiger partial charge on any atom is 0.0590 e. The monoisotopic (exact) mass is 109 g/mol. The summed E-state index contributed by atoms with van der Waals surface area (Å²) in [6.07, 6.45) is 0. The number of nitrogens with one attached hydrogen (secondary N) is 2. The van der Waals surface area contributed by atoms with Gasteiger partial charge in [-0.2, -0.15) is 0 Å². The van der Waals surface area contributed by atoms with E-state index in [-0.39, 0.29) is 5.28 Å². The van der Waals surface area contributed by atoms with Gasteiger partial charge in [0.1, 0.15) is 0 Å². The fourth-order valence-electron chi connectivity index (χ4n) is 0.107. The van der Waals surface area contributed by atoms with Crippen molar-refractivity contribution < 1.29 is 15.3 Å². The van der Waals surface area contributed by atoms with Crippen LogP contribution in [0.2, 0.25) is 0 Å². The Morgan fingerprint density at radius 2 is 2.29 bits per heavy atom. The average molecular weight is 109 g/mol. The molecule has 0 heterocycles. The van der Waals surface area contributed by atoms with E-state index in [0.29, 0.717) is 0 Å². The van der Waals surface area contributed by atoms with Crippen LogP contribution in [0.25, 0.3) is 0 Å². The highest BCUT2D eigenvalue weighted by molar-refractivity contribution is 3.83. The van der Waals surface area contributed by atoms with Crippen molar-refractivity contribution in [2.75, 3.05) is 7.11 Å². The molecule has 0 rings (SSSR count). The zero-order valence-electron chi connectivity index (χ0n) is 3.75. The highest BCUT2D eigenvalue weighted by atomic mass is 16.8. The van der Waals surface area contributed by atoms with Gasteiger partial charge in [-0.05, 0) is 5.28 Å². The van der Waals surface area contributed by atoms with Crippen LogP contribution < -0.4 is 11.2 Å². The minimum atomic E-state index is 0.139. The van der Waals surface area contributed by atoms with Crippen molar-refractivity contribution in [3.63, 3.8) is 0 Å². The summed E-state index contributed by atoms with van der Waals surface area (Å²) in [5.74, 6) is 0. The molecule has 0 aliphatic heterocycles. The van der Waals surface area contributed by atoms with Crippen LogP contribution >= 0.6 is 0 Å². The predicted molar refractivity (Wildman–Crippen MR) is 18.7 cm³/mol. The first-order chi connectivity index (χ1) is 3.31. The number of rotatable bonds is 3. The van der Waals surface area contributed by atoms with Crippen LogP contribution in [0.1, 0.15) is 0 Å². The molecule has 0 aromatic heterocycles. The molecule has 4 N–H and O–H groups in total. The maximum atomic E-state index is 8.09. The van der Waals surface area contributed by atoms with E-state index in [1.165, 1.54) is 12.7 Å². The molecule has 0 radical (unpaired) electrons. The fourth-order valence-corrected chi connectivity index (χ4v) is 0.107. The topological polar surface area (TPSA) is 77.0 Å². The highest BCUT2D eigenvalue weighted by Crippen LogP contribution is 1.56. The van der Waals surface area contributed by atoms with Crippen molar-refractivity contribution in [3.8, 4) is 0 Å². The maximum absolute atomic E-state index is 8.09. The number of hydrazine groups is 2. The Balaban J connectivity index is 2.83. The number of nitrogens with zero attached hydrogens (tertiary/aromatic N) is 1. The smallest absolute Gasteiger partial charge is 0.0590 e. The zero-order chi connectivity index (χ0) is 5.70. The molecule has 0 aliphatic carbocycles. The lowest BCUT2D eigenvalue weighted by molar-refractivity contribution is -0.310. The van der Waals surface area contributed by atoms with E-state index in [4.69, 9.17) is 10.4 Å². The molecular weight excluding hydrogens is 102 g/mol. The van der Waals surface area contributed by atoms with Crippen LogP contribution in [0.15, 0.2) is 0 Å². The van der Waals surface area contributed by atoms with Crippen LogP contribution in [-0.4, -0.2) is 22.8 Å². The molecule has 0 unspecified atom stereocenters. The van der Waals surface area contributed by atoms with Gasteiger partial charge in [0.05, 0.1) is 7.11 Å². The summed E-state index contributed by atoms with van der Waals surface area (Å²) in [7, 11) is 1.28. The molecule has 6 heteroatoms. The third-order valence-corrected chi connectivity index (χ3v) is 0.272. The van der Waals surface area contributed by atoms with Crippen LogP contribution in [0.4, 0.5) is 0 Å². The van der Waals surface area contributed by atoms with Gasteiger partial charge < -0.3 is 0 Å². The molecule has 0 aromatic rings. The van der Waals surface area contributed by atoms with Gasteiger partial charge in [0.15, 0.2) is 0 Å². The van der Waals surface area contributed by atoms with Gasteiger partial charge in [0.2, 0.25) is 0 Å². The highest BCUT2D eigenvalue weighted by Gasteiger charge is 1.87. The Hall–Kier alpha value is -0.240. The van der Waals surface area contributed by atoms with Crippen molar-refractivity contribution in [2.24, 2.45) is 0 Å². The Morgan fingerprint density at radius 3 is 2.43 bits per heavy atom. The van der Waals surface area contributed by atoms with Crippen molar-refractivity contribution in [3.05, 3.63) is 0 Å². The lowest BCUT2D eigenvalue weighted by atomic mass is 11.7. The van der Waals surface area contributed by atoms with Crippen molar-refractivity contribution in [2.45, 2.75) is 0 Å². The number of hydrogen-bond donors (Lipinski definition) is 4. The Bertz CT molecular complexity index is 41.2. The summed E-state index contributed by atoms with van der Waals surface area (Å²) >= 11 is 0. The first kappa shape index (κ1) is 6.76. The average Bonchev–Trinajstić information content (AvgIpc) is 1.68. The SMILES string of the molecule is CONN(O)NO. The standard InChI is InChI=1S/CH7N3O3/c1-7-3-4(6)2-5/h2-3,5-6H,1H3. The van der Waals surface area contributed by atoms with Crippen molar-refractivity contribution >= 4 is 0 Å². The molecule has 0 saturated carbocycles. The van der Waals surface area contributed by atoms with E-state index in [2.05, 4.69) is 4.84 Å². The molecule has 0 amide bonds. The summed E-state index contributed by atoms with van der Waals surface area (Å²) in [5, 5.41) is 16.0. The van der Waals surface area contributed by atoms with Crippen LogP contribution in [0.5, 0.6) is 0 Å². The molecule has 7 heavy (non-hydrogen) atoms. The van der Waals surface area contributed by atoms with Gasteiger partial charge in [-0.25, -0.2) is 0 Å². The molecule has 0 spiro atoms. The molecular formula is CH7N3O3. The molecule has 6 nitrogen and oxygen atoms in total. The molecule has 44 valence electrons. The summed E-state index contributed by atoms with van der Waals surface area (Å²) in [4.78, 5) is 4.10. The Morgan fingerprint density at radius 1 is 1.71 bits per heavy atom. The minimum Gasteiger partial charge on any atom is -0.299 e. The number of hydrogen-bond acceptors (Lipinski definition) is 6. The minimum absolute atomic E-state index is 0.139. The van der Waals surface area contributed by atoms with Crippen LogP contribution in [-0.2, 0) is 4.84 Å². The Kier molecular flexibility index (Phi) is 3.80. The molecule has 0 saturated heterocycles. The zero-order valence-corrected chi connectivity index (χ0v) is 3.75. The van der Waals surface area contributed by atoms with Gasteiger partial charge in [0, 0.05) is 0 Å². The quantitative estimate of drug-likeness (QED) is 0.335. The van der Waals surface area contributed by atoms with E-state index in [1.54, 1.807) is 0 Å². The van der Waals surface area contributed by atoms with Crippen LogP contribution in [0.3, 0.4) is 0 Å². The normalized spacial score (nSPS) is 10.3. The summed E-state index contributed by atoms with van der Waals surface area (Å²) in [6, 6.07) is 0. The van der Waals surface area contributed by atoms with E-state index >= 15 is 0 Å². The van der Waals surface area contributed by atoms with E-state index in [1.807, 2.05) is 5.59 Å². The second-order valence-electron chi connectivity index (χ2n) is 0.707. The first-order valence-electron chi connectivity index (χ1n) is 1.48. The predicted octanol–water partition coefficient (Wildman–Crippen LogP) is -1.36. The van der Waals surface area contributed by atoms with Gasteiger partial charge in [0.25, 0.3) is 0 Å². The van der Waals surface area contributed by atoms with Crippen molar-refractivity contribution in [1.29, 1.82) is 0 Å². The van der Waals surface area contributed by atoms with Crippen molar-refractivity contribution in [1.82, 2.24) is 16.5 Å². The summed E-state index contributed by atoms with van der Waals surface area (Å²) in [5.41, 5.74) is 3.14. The van der Waals surface area contributed by atoms with E-state index in [9.17, 15) is 0 Å². The van der Waals surface area contributed by atoms with Crippen LogP contribution in [0, 0.1) is 0 Å².